The Morgan fingerprint density at radius 3 is 2.76 bits per heavy atom. The molecule has 33 heavy (non-hydrogen) atoms. The van der Waals surface area contributed by atoms with Gasteiger partial charge in [-0.15, -0.1) is 0 Å². The number of nitrogens with zero attached hydrogens (tertiary/aromatic N) is 3. The number of fused-ring (bicyclic) bond motifs is 1. The van der Waals surface area contributed by atoms with E-state index < -0.39 is 13.9 Å². The van der Waals surface area contributed by atoms with Gasteiger partial charge in [-0.2, -0.15) is 5.26 Å². The molecule has 0 aliphatic carbocycles. The Hall–Kier alpha value is -2.26. The molecular weight excluding hydrogens is 485 g/mol. The summed E-state index contributed by atoms with van der Waals surface area (Å²) in [7, 11) is -4.63. The van der Waals surface area contributed by atoms with Gasteiger partial charge in [0.1, 0.15) is 4.70 Å². The average Bonchev–Trinajstić information content (AvgIpc) is 3.11. The van der Waals surface area contributed by atoms with Gasteiger partial charge in [0.15, 0.2) is 16.6 Å². The minimum absolute atomic E-state index is 0.0709. The molecule has 13 heteroatoms. The van der Waals surface area contributed by atoms with Gasteiger partial charge in [0.05, 0.1) is 24.3 Å². The summed E-state index contributed by atoms with van der Waals surface area (Å²) in [5.41, 5.74) is 1.87. The number of benzene rings is 1. The Kier molecular flexibility index (Phi) is 8.28. The van der Waals surface area contributed by atoms with Crippen LogP contribution in [0.25, 0.3) is 10.3 Å². The molecule has 0 bridgehead atoms. The van der Waals surface area contributed by atoms with Crippen molar-refractivity contribution in [3.8, 4) is 6.07 Å². The Morgan fingerprint density at radius 1 is 1.33 bits per heavy atom. The van der Waals surface area contributed by atoms with Crippen LogP contribution in [0.15, 0.2) is 34.2 Å². The quantitative estimate of drug-likeness (QED) is 0.178. The Bertz CT molecular complexity index is 1270. The van der Waals surface area contributed by atoms with Crippen molar-refractivity contribution < 1.29 is 18.9 Å². The van der Waals surface area contributed by atoms with Crippen LogP contribution in [0.1, 0.15) is 43.6 Å². The minimum atomic E-state index is -4.63. The van der Waals surface area contributed by atoms with Crippen molar-refractivity contribution in [1.29, 1.82) is 5.26 Å². The maximum atomic E-state index is 12.0. The predicted octanol–water partition coefficient (Wildman–Crippen LogP) is 4.04. The smallest absolute Gasteiger partial charge is 0.364 e. The summed E-state index contributed by atoms with van der Waals surface area (Å²) >= 11 is 2.32. The molecule has 0 amide bonds. The van der Waals surface area contributed by atoms with Gasteiger partial charge in [-0.05, 0) is 37.0 Å². The van der Waals surface area contributed by atoms with Crippen molar-refractivity contribution >= 4 is 47.1 Å². The fourth-order valence-electron chi connectivity index (χ4n) is 3.18. The molecule has 2 unspecified atom stereocenters. The Balaban J connectivity index is 1.91. The maximum Gasteiger partial charge on any atom is 0.469 e. The SMILES string of the molecule is CC(C)CC(COP(=O)(O)O)Nc1nc(SC(C)c2cccc(C#N)c2)nc2[nH]c(=O)sc12. The number of aromatic nitrogens is 3. The number of nitriles is 1. The first kappa shape index (κ1) is 25.4. The van der Waals surface area contributed by atoms with Crippen LogP contribution in [0.3, 0.4) is 0 Å². The highest BCUT2D eigenvalue weighted by Gasteiger charge is 2.22. The van der Waals surface area contributed by atoms with E-state index in [1.165, 1.54) is 11.8 Å². The highest BCUT2D eigenvalue weighted by Crippen LogP contribution is 2.37. The van der Waals surface area contributed by atoms with Crippen LogP contribution in [0.2, 0.25) is 0 Å². The lowest BCUT2D eigenvalue weighted by molar-refractivity contribution is 0.184. The van der Waals surface area contributed by atoms with E-state index in [0.29, 0.717) is 33.3 Å². The zero-order valence-electron chi connectivity index (χ0n) is 18.2. The molecule has 2 atom stereocenters. The van der Waals surface area contributed by atoms with E-state index in [0.717, 1.165) is 16.9 Å². The second-order valence-electron chi connectivity index (χ2n) is 7.80. The topological polar surface area (TPSA) is 161 Å². The number of phosphoric acid groups is 1. The largest absolute Gasteiger partial charge is 0.469 e. The van der Waals surface area contributed by atoms with E-state index in [1.54, 1.807) is 12.1 Å². The van der Waals surface area contributed by atoms with Crippen LogP contribution in [0.4, 0.5) is 5.82 Å². The molecular formula is C20H24N5O5PS2. The summed E-state index contributed by atoms with van der Waals surface area (Å²) in [5, 5.41) is 12.7. The maximum absolute atomic E-state index is 12.0. The van der Waals surface area contributed by atoms with Crippen LogP contribution < -0.4 is 10.2 Å². The summed E-state index contributed by atoms with van der Waals surface area (Å²) in [6, 6.07) is 8.95. The fraction of sp³-hybridized carbons (Fsp3) is 0.400. The highest BCUT2D eigenvalue weighted by atomic mass is 32.2. The van der Waals surface area contributed by atoms with Crippen molar-refractivity contribution in [3.05, 3.63) is 45.1 Å². The van der Waals surface area contributed by atoms with Crippen LogP contribution in [-0.4, -0.2) is 37.4 Å². The van der Waals surface area contributed by atoms with Gasteiger partial charge >= 0.3 is 12.7 Å². The van der Waals surface area contributed by atoms with E-state index in [1.807, 2.05) is 32.9 Å². The summed E-state index contributed by atoms with van der Waals surface area (Å²) in [5.74, 6) is 0.607. The molecule has 176 valence electrons. The summed E-state index contributed by atoms with van der Waals surface area (Å²) < 4.78 is 16.4. The van der Waals surface area contributed by atoms with E-state index in [2.05, 4.69) is 26.3 Å². The molecule has 0 spiro atoms. The lowest BCUT2D eigenvalue weighted by atomic mass is 10.0. The molecule has 0 saturated carbocycles. The molecule has 3 rings (SSSR count). The van der Waals surface area contributed by atoms with Gasteiger partial charge in [-0.3, -0.25) is 14.3 Å². The number of phosphoric ester groups is 1. The molecule has 2 aromatic heterocycles. The van der Waals surface area contributed by atoms with Crippen molar-refractivity contribution in [1.82, 2.24) is 15.0 Å². The zero-order valence-corrected chi connectivity index (χ0v) is 20.7. The number of rotatable bonds is 10. The third kappa shape index (κ3) is 7.37. The number of hydrogen-bond donors (Lipinski definition) is 4. The van der Waals surface area contributed by atoms with Crippen LogP contribution in [0, 0.1) is 17.2 Å². The highest BCUT2D eigenvalue weighted by molar-refractivity contribution is 7.99. The van der Waals surface area contributed by atoms with Crippen LogP contribution >= 0.6 is 30.9 Å². The normalized spacial score (nSPS) is 13.7. The lowest BCUT2D eigenvalue weighted by Gasteiger charge is -2.22. The van der Waals surface area contributed by atoms with Gasteiger partial charge in [-0.25, -0.2) is 14.5 Å². The second kappa shape index (κ2) is 10.8. The average molecular weight is 510 g/mol. The predicted molar refractivity (Wildman–Crippen MR) is 128 cm³/mol. The Morgan fingerprint density at radius 2 is 2.09 bits per heavy atom. The number of H-pyrrole nitrogens is 1. The van der Waals surface area contributed by atoms with Gasteiger partial charge < -0.3 is 15.1 Å². The molecule has 0 fully saturated rings. The minimum Gasteiger partial charge on any atom is -0.364 e. The molecule has 3 aromatic rings. The first-order valence-electron chi connectivity index (χ1n) is 10.1. The van der Waals surface area contributed by atoms with Crippen molar-refractivity contribution in [3.63, 3.8) is 0 Å². The number of thioether (sulfide) groups is 1. The van der Waals surface area contributed by atoms with Crippen molar-refractivity contribution in [2.24, 2.45) is 5.92 Å². The number of aromatic amines is 1. The van der Waals surface area contributed by atoms with Gasteiger partial charge in [0.25, 0.3) is 0 Å². The summed E-state index contributed by atoms with van der Waals surface area (Å²) in [6.45, 7) is 5.70. The molecule has 0 saturated heterocycles. The molecule has 1 aromatic carbocycles. The van der Waals surface area contributed by atoms with E-state index >= 15 is 0 Å². The first-order chi connectivity index (χ1) is 15.5. The van der Waals surface area contributed by atoms with Crippen molar-refractivity contribution in [2.45, 2.75) is 43.6 Å². The molecule has 0 aliphatic rings. The third-order valence-corrected chi connectivity index (χ3v) is 6.95. The van der Waals surface area contributed by atoms with Crippen LogP contribution in [0.5, 0.6) is 0 Å². The molecule has 2 heterocycles. The number of thiazole rings is 1. The summed E-state index contributed by atoms with van der Waals surface area (Å²) in [4.78, 5) is 41.7. The first-order valence-corrected chi connectivity index (χ1v) is 13.3. The van der Waals surface area contributed by atoms with Crippen LogP contribution in [-0.2, 0) is 9.09 Å². The monoisotopic (exact) mass is 509 g/mol. The lowest BCUT2D eigenvalue weighted by Crippen LogP contribution is -2.27. The fourth-order valence-corrected chi connectivity index (χ4v) is 5.17. The Labute approximate surface area is 198 Å². The second-order valence-corrected chi connectivity index (χ2v) is 11.3. The number of anilines is 1. The van der Waals surface area contributed by atoms with E-state index in [-0.39, 0.29) is 22.6 Å². The molecule has 0 radical (unpaired) electrons. The molecule has 4 N–H and O–H groups in total. The van der Waals surface area contributed by atoms with E-state index in [4.69, 9.17) is 19.6 Å². The van der Waals surface area contributed by atoms with Crippen molar-refractivity contribution in [2.75, 3.05) is 11.9 Å². The molecule has 10 nitrogen and oxygen atoms in total. The number of nitrogens with one attached hydrogen (secondary N) is 2. The zero-order chi connectivity index (χ0) is 24.2. The van der Waals surface area contributed by atoms with Gasteiger partial charge in [0, 0.05) is 5.25 Å². The third-order valence-electron chi connectivity index (χ3n) is 4.57. The van der Waals surface area contributed by atoms with Gasteiger partial charge in [0.2, 0.25) is 0 Å². The number of hydrogen-bond acceptors (Lipinski definition) is 9. The molecule has 0 aliphatic heterocycles. The summed E-state index contributed by atoms with van der Waals surface area (Å²) in [6.07, 6.45) is 0.560. The van der Waals surface area contributed by atoms with Gasteiger partial charge in [-0.1, -0.05) is 49.1 Å². The van der Waals surface area contributed by atoms with E-state index in [9.17, 15) is 9.36 Å². The standard InChI is InChI=1S/C20H24N5O5PS2/c1-11(2)7-15(10-30-31(27,28)29)22-17-16-18(25-20(26)33-16)24-19(23-17)32-12(3)14-6-4-5-13(8-14)9-21/h4-6,8,11-12,15H,7,10H2,1-3H3,(H2,27,28,29)(H2,22,23,24,25,26).